The lowest BCUT2D eigenvalue weighted by Crippen LogP contribution is -2.29. The summed E-state index contributed by atoms with van der Waals surface area (Å²) in [5.74, 6) is -0.0814. The van der Waals surface area contributed by atoms with Crippen LogP contribution in [-0.2, 0) is 31.2 Å². The van der Waals surface area contributed by atoms with Crippen molar-refractivity contribution in [3.63, 3.8) is 0 Å². The van der Waals surface area contributed by atoms with E-state index in [-0.39, 0.29) is 12.5 Å². The summed E-state index contributed by atoms with van der Waals surface area (Å²) in [7, 11) is 3.79. The van der Waals surface area contributed by atoms with Crippen molar-refractivity contribution in [2.24, 2.45) is 7.05 Å². The van der Waals surface area contributed by atoms with Crippen molar-refractivity contribution >= 4 is 22.2 Å². The van der Waals surface area contributed by atoms with Crippen LogP contribution >= 0.6 is 11.3 Å². The lowest BCUT2D eigenvalue weighted by Gasteiger charge is -2.14. The van der Waals surface area contributed by atoms with Gasteiger partial charge in [-0.2, -0.15) is 10.4 Å². The number of rotatable bonds is 5. The van der Waals surface area contributed by atoms with Gasteiger partial charge in [-0.05, 0) is 38.3 Å². The molecule has 0 bridgehead atoms. The Morgan fingerprint density at radius 3 is 2.85 bits per heavy atom. The van der Waals surface area contributed by atoms with E-state index in [1.807, 2.05) is 31.4 Å². The molecule has 3 rings (SSSR count). The molecule has 1 N–H and O–H groups in total. The van der Waals surface area contributed by atoms with Crippen molar-refractivity contribution in [2.75, 3.05) is 18.9 Å². The van der Waals surface area contributed by atoms with Gasteiger partial charge in [-0.15, -0.1) is 11.3 Å². The number of aryl methyl sites for hydroxylation is 2. The Kier molecular flexibility index (Phi) is 6.07. The van der Waals surface area contributed by atoms with Crippen molar-refractivity contribution in [3.8, 4) is 6.07 Å². The van der Waals surface area contributed by atoms with Crippen molar-refractivity contribution in [1.82, 2.24) is 14.7 Å². The molecule has 0 spiro atoms. The average Bonchev–Trinajstić information content (AvgIpc) is 3.10. The molecule has 0 aromatic carbocycles. The summed E-state index contributed by atoms with van der Waals surface area (Å²) in [6.07, 6.45) is 10.5. The number of nitriles is 1. The first-order chi connectivity index (χ1) is 12.6. The second-order valence-corrected chi connectivity index (χ2v) is 8.08. The number of hydrogen-bond donors (Lipinski definition) is 1. The number of nitrogens with one attached hydrogen (secondary N) is 1. The van der Waals surface area contributed by atoms with Gasteiger partial charge in [0, 0.05) is 30.2 Å². The second-order valence-electron chi connectivity index (χ2n) is 6.98. The zero-order valence-corrected chi connectivity index (χ0v) is 16.2. The molecule has 138 valence electrons. The third kappa shape index (κ3) is 4.51. The maximum absolute atomic E-state index is 12.5. The SMILES string of the molecule is CN(CC(=O)Nc1sc2c(c1C#N)CCCCCC2)Cc1cnn(C)c1. The molecule has 2 heterocycles. The van der Waals surface area contributed by atoms with E-state index in [0.717, 1.165) is 35.4 Å². The first-order valence-corrected chi connectivity index (χ1v) is 9.89. The van der Waals surface area contributed by atoms with Gasteiger partial charge in [0.25, 0.3) is 0 Å². The van der Waals surface area contributed by atoms with E-state index in [1.54, 1.807) is 16.0 Å². The third-order valence-corrected chi connectivity index (χ3v) is 5.87. The predicted octanol–water partition coefficient (Wildman–Crippen LogP) is 3.08. The molecular formula is C19H25N5OS. The van der Waals surface area contributed by atoms with Crippen LogP contribution in [0, 0.1) is 11.3 Å². The van der Waals surface area contributed by atoms with Crippen molar-refractivity contribution < 1.29 is 4.79 Å². The molecule has 6 nitrogen and oxygen atoms in total. The number of thiophene rings is 1. The fourth-order valence-electron chi connectivity index (χ4n) is 3.46. The zero-order chi connectivity index (χ0) is 18.5. The smallest absolute Gasteiger partial charge is 0.239 e. The van der Waals surface area contributed by atoms with E-state index in [0.29, 0.717) is 12.1 Å². The minimum Gasteiger partial charge on any atom is -0.315 e. The Hall–Kier alpha value is -2.17. The number of carbonyl (C=O) groups excluding carboxylic acids is 1. The molecule has 0 fully saturated rings. The number of aromatic nitrogens is 2. The number of amides is 1. The summed E-state index contributed by atoms with van der Waals surface area (Å²) in [5, 5.41) is 17.4. The molecule has 1 amide bonds. The Morgan fingerprint density at radius 2 is 2.15 bits per heavy atom. The van der Waals surface area contributed by atoms with Gasteiger partial charge in [0.1, 0.15) is 11.1 Å². The summed E-state index contributed by atoms with van der Waals surface area (Å²) in [4.78, 5) is 15.7. The van der Waals surface area contributed by atoms with E-state index in [2.05, 4.69) is 16.5 Å². The Labute approximate surface area is 158 Å². The number of likely N-dealkylation sites (N-methyl/N-ethyl adjacent to an activating group) is 1. The molecule has 0 radical (unpaired) electrons. The Morgan fingerprint density at radius 1 is 1.38 bits per heavy atom. The quantitative estimate of drug-likeness (QED) is 0.876. The summed E-state index contributed by atoms with van der Waals surface area (Å²) in [6, 6.07) is 2.32. The molecule has 1 aliphatic rings. The van der Waals surface area contributed by atoms with Gasteiger partial charge >= 0.3 is 0 Å². The first-order valence-electron chi connectivity index (χ1n) is 9.07. The van der Waals surface area contributed by atoms with Gasteiger partial charge in [0.2, 0.25) is 5.91 Å². The summed E-state index contributed by atoms with van der Waals surface area (Å²) in [6.45, 7) is 0.940. The lowest BCUT2D eigenvalue weighted by molar-refractivity contribution is -0.117. The minimum absolute atomic E-state index is 0.0814. The van der Waals surface area contributed by atoms with Gasteiger partial charge in [-0.25, -0.2) is 0 Å². The normalized spacial score (nSPS) is 14.4. The number of fused-ring (bicyclic) bond motifs is 1. The molecule has 0 saturated carbocycles. The molecule has 2 aromatic heterocycles. The molecule has 26 heavy (non-hydrogen) atoms. The van der Waals surface area contributed by atoms with Gasteiger partial charge < -0.3 is 5.32 Å². The molecule has 1 aliphatic carbocycles. The summed E-state index contributed by atoms with van der Waals surface area (Å²) >= 11 is 1.59. The van der Waals surface area contributed by atoms with Crippen LogP contribution in [0.25, 0.3) is 0 Å². The van der Waals surface area contributed by atoms with E-state index in [4.69, 9.17) is 0 Å². The van der Waals surface area contributed by atoms with Crippen LogP contribution in [0.5, 0.6) is 0 Å². The highest BCUT2D eigenvalue weighted by molar-refractivity contribution is 7.16. The maximum atomic E-state index is 12.5. The molecule has 0 atom stereocenters. The van der Waals surface area contributed by atoms with Crippen LogP contribution in [0.2, 0.25) is 0 Å². The number of anilines is 1. The highest BCUT2D eigenvalue weighted by atomic mass is 32.1. The third-order valence-electron chi connectivity index (χ3n) is 4.66. The topological polar surface area (TPSA) is 74.0 Å². The number of carbonyl (C=O) groups is 1. The van der Waals surface area contributed by atoms with Crippen molar-refractivity contribution in [2.45, 2.75) is 45.1 Å². The fraction of sp³-hybridized carbons (Fsp3) is 0.526. The van der Waals surface area contributed by atoms with Crippen molar-refractivity contribution in [3.05, 3.63) is 34.0 Å². The van der Waals surface area contributed by atoms with Crippen LogP contribution in [0.15, 0.2) is 12.4 Å². The van der Waals surface area contributed by atoms with E-state index in [9.17, 15) is 10.1 Å². The van der Waals surface area contributed by atoms with E-state index in [1.165, 1.54) is 24.1 Å². The van der Waals surface area contributed by atoms with Gasteiger partial charge in [0.05, 0.1) is 18.3 Å². The molecule has 0 aliphatic heterocycles. The molecule has 7 heteroatoms. The Bertz CT molecular complexity index is 816. The fourth-order valence-corrected chi connectivity index (χ4v) is 4.71. The monoisotopic (exact) mass is 371 g/mol. The van der Waals surface area contributed by atoms with E-state index < -0.39 is 0 Å². The van der Waals surface area contributed by atoms with Crippen molar-refractivity contribution in [1.29, 1.82) is 5.26 Å². The molecular weight excluding hydrogens is 346 g/mol. The number of hydrogen-bond acceptors (Lipinski definition) is 5. The summed E-state index contributed by atoms with van der Waals surface area (Å²) in [5.41, 5.74) is 2.91. The largest absolute Gasteiger partial charge is 0.315 e. The van der Waals surface area contributed by atoms with Crippen LogP contribution in [0.4, 0.5) is 5.00 Å². The summed E-state index contributed by atoms with van der Waals surface area (Å²) < 4.78 is 1.75. The predicted molar refractivity (Wildman–Crippen MR) is 103 cm³/mol. The van der Waals surface area contributed by atoms with Crippen LogP contribution in [-0.4, -0.2) is 34.2 Å². The molecule has 0 unspecified atom stereocenters. The van der Waals surface area contributed by atoms with Crippen LogP contribution in [0.3, 0.4) is 0 Å². The first kappa shape index (κ1) is 18.6. The minimum atomic E-state index is -0.0814. The van der Waals surface area contributed by atoms with Gasteiger partial charge in [-0.1, -0.05) is 12.8 Å². The van der Waals surface area contributed by atoms with Crippen LogP contribution in [0.1, 0.15) is 47.3 Å². The standard InChI is InChI=1S/C19H25N5OS/c1-23(11-14-10-21-24(2)12-14)13-18(25)22-19-16(9-20)15-7-5-3-4-6-8-17(15)26-19/h10,12H,3-8,11,13H2,1-2H3,(H,22,25). The zero-order valence-electron chi connectivity index (χ0n) is 15.4. The highest BCUT2D eigenvalue weighted by Gasteiger charge is 2.20. The lowest BCUT2D eigenvalue weighted by atomic mass is 9.97. The highest BCUT2D eigenvalue weighted by Crippen LogP contribution is 2.36. The maximum Gasteiger partial charge on any atom is 0.239 e. The Balaban J connectivity index is 1.65. The van der Waals surface area contributed by atoms with E-state index >= 15 is 0 Å². The van der Waals surface area contributed by atoms with Gasteiger partial charge in [-0.3, -0.25) is 14.4 Å². The van der Waals surface area contributed by atoms with Crippen LogP contribution < -0.4 is 5.32 Å². The second kappa shape index (κ2) is 8.47. The number of nitrogens with zero attached hydrogens (tertiary/aromatic N) is 4. The average molecular weight is 372 g/mol. The van der Waals surface area contributed by atoms with Gasteiger partial charge in [0.15, 0.2) is 0 Å². The molecule has 2 aromatic rings. The molecule has 0 saturated heterocycles.